The smallest absolute Gasteiger partial charge is 0.0936 e. The molecule has 0 aromatic carbocycles. The largest absolute Gasteiger partial charge is 0.395 e. The van der Waals surface area contributed by atoms with Gasteiger partial charge in [-0.3, -0.25) is 10.6 Å². The lowest BCUT2D eigenvalue weighted by Gasteiger charge is -2.21. The molecule has 0 aromatic heterocycles. The normalized spacial score (nSPS) is 10.7. The quantitative estimate of drug-likeness (QED) is 0.220. The molecule has 0 aliphatic rings. The van der Waals surface area contributed by atoms with Gasteiger partial charge in [0.2, 0.25) is 0 Å². The molecule has 14 heavy (non-hydrogen) atoms. The van der Waals surface area contributed by atoms with Crippen molar-refractivity contribution in [3.63, 3.8) is 0 Å². The standard InChI is InChI=1S/C5H13NO2.C3H9NO2/c1-5(2,3-7)6-4-8;5-2-1-4-3-6/h6-8H,3-4H2,1-2H3;4-6H,1-3H2. The van der Waals surface area contributed by atoms with Crippen molar-refractivity contribution in [2.75, 3.05) is 33.2 Å². The molecule has 0 saturated carbocycles. The van der Waals surface area contributed by atoms with Crippen LogP contribution in [0, 0.1) is 0 Å². The Morgan fingerprint density at radius 1 is 1.00 bits per heavy atom. The van der Waals surface area contributed by atoms with Gasteiger partial charge in [-0.15, -0.1) is 0 Å². The van der Waals surface area contributed by atoms with Gasteiger partial charge in [-0.05, 0) is 13.8 Å². The van der Waals surface area contributed by atoms with Crippen LogP contribution in [-0.4, -0.2) is 59.2 Å². The maximum Gasteiger partial charge on any atom is 0.0936 e. The van der Waals surface area contributed by atoms with Crippen LogP contribution in [0.4, 0.5) is 0 Å². The van der Waals surface area contributed by atoms with E-state index >= 15 is 0 Å². The molecule has 0 rings (SSSR count). The van der Waals surface area contributed by atoms with Gasteiger partial charge in [-0.25, -0.2) is 0 Å². The zero-order valence-electron chi connectivity index (χ0n) is 8.82. The molecule has 0 bridgehead atoms. The van der Waals surface area contributed by atoms with Crippen LogP contribution in [0.3, 0.4) is 0 Å². The minimum absolute atomic E-state index is 0.0353. The molecule has 0 aromatic rings. The molecule has 0 aliphatic heterocycles. The Morgan fingerprint density at radius 3 is 1.71 bits per heavy atom. The van der Waals surface area contributed by atoms with E-state index < -0.39 is 0 Å². The summed E-state index contributed by atoms with van der Waals surface area (Å²) < 4.78 is 0. The molecular weight excluding hydrogens is 188 g/mol. The summed E-state index contributed by atoms with van der Waals surface area (Å²) in [6.07, 6.45) is 0. The lowest BCUT2D eigenvalue weighted by Crippen LogP contribution is -2.42. The summed E-state index contributed by atoms with van der Waals surface area (Å²) in [5.41, 5.74) is -0.352. The number of aliphatic hydroxyl groups excluding tert-OH is 4. The predicted octanol–water partition coefficient (Wildman–Crippen LogP) is -2.19. The van der Waals surface area contributed by atoms with Crippen LogP contribution in [0.1, 0.15) is 13.8 Å². The van der Waals surface area contributed by atoms with Crippen LogP contribution in [0.5, 0.6) is 0 Å². The van der Waals surface area contributed by atoms with Gasteiger partial charge in [0, 0.05) is 12.1 Å². The first-order valence-corrected chi connectivity index (χ1v) is 4.43. The molecule has 0 fully saturated rings. The highest BCUT2D eigenvalue weighted by atomic mass is 16.3. The lowest BCUT2D eigenvalue weighted by molar-refractivity contribution is 0.143. The Kier molecular flexibility index (Phi) is 12.5. The van der Waals surface area contributed by atoms with Crippen molar-refractivity contribution in [1.29, 1.82) is 0 Å². The van der Waals surface area contributed by atoms with E-state index in [1.165, 1.54) is 0 Å². The van der Waals surface area contributed by atoms with Gasteiger partial charge < -0.3 is 20.4 Å². The molecule has 0 amide bonds. The Morgan fingerprint density at radius 2 is 1.57 bits per heavy atom. The summed E-state index contributed by atoms with van der Waals surface area (Å²) in [6, 6.07) is 0. The van der Waals surface area contributed by atoms with E-state index in [1.807, 2.05) is 13.8 Å². The third kappa shape index (κ3) is 14.3. The minimum atomic E-state index is -0.352. The van der Waals surface area contributed by atoms with Crippen molar-refractivity contribution in [3.05, 3.63) is 0 Å². The van der Waals surface area contributed by atoms with Gasteiger partial charge in [0.1, 0.15) is 0 Å². The van der Waals surface area contributed by atoms with E-state index in [-0.39, 0.29) is 32.2 Å². The van der Waals surface area contributed by atoms with E-state index in [9.17, 15) is 0 Å². The molecular formula is C8H22N2O4. The third-order valence-corrected chi connectivity index (χ3v) is 1.35. The van der Waals surface area contributed by atoms with Crippen molar-refractivity contribution in [3.8, 4) is 0 Å². The van der Waals surface area contributed by atoms with Crippen molar-refractivity contribution >= 4 is 0 Å². The fourth-order valence-corrected chi connectivity index (χ4v) is 0.428. The van der Waals surface area contributed by atoms with Crippen LogP contribution < -0.4 is 10.6 Å². The monoisotopic (exact) mass is 210 g/mol. The summed E-state index contributed by atoms with van der Waals surface area (Å²) in [5, 5.41) is 38.0. The third-order valence-electron chi connectivity index (χ3n) is 1.35. The first-order valence-electron chi connectivity index (χ1n) is 4.43. The highest BCUT2D eigenvalue weighted by molar-refractivity contribution is 4.73. The lowest BCUT2D eigenvalue weighted by atomic mass is 10.1. The number of nitrogens with one attached hydrogen (secondary N) is 2. The molecule has 0 spiro atoms. The van der Waals surface area contributed by atoms with Gasteiger partial charge in [0.25, 0.3) is 0 Å². The molecule has 0 heterocycles. The number of hydrogen-bond donors (Lipinski definition) is 6. The summed E-state index contributed by atoms with van der Waals surface area (Å²) in [5.74, 6) is 0. The second-order valence-corrected chi connectivity index (χ2v) is 3.26. The Labute approximate surface area is 84.6 Å². The van der Waals surface area contributed by atoms with Crippen molar-refractivity contribution in [1.82, 2.24) is 10.6 Å². The molecule has 0 atom stereocenters. The van der Waals surface area contributed by atoms with Gasteiger partial charge in [-0.1, -0.05) is 0 Å². The van der Waals surface area contributed by atoms with E-state index in [4.69, 9.17) is 20.4 Å². The van der Waals surface area contributed by atoms with Crippen LogP contribution >= 0.6 is 0 Å². The van der Waals surface area contributed by atoms with Crippen molar-refractivity contribution in [2.24, 2.45) is 0 Å². The van der Waals surface area contributed by atoms with E-state index in [1.54, 1.807) is 0 Å². The average Bonchev–Trinajstić information content (AvgIpc) is 2.16. The summed E-state index contributed by atoms with van der Waals surface area (Å²) in [6.45, 7) is 4.06. The molecule has 88 valence electrons. The second-order valence-electron chi connectivity index (χ2n) is 3.26. The minimum Gasteiger partial charge on any atom is -0.395 e. The summed E-state index contributed by atoms with van der Waals surface area (Å²) in [4.78, 5) is 0. The number of hydrogen-bond acceptors (Lipinski definition) is 6. The topological polar surface area (TPSA) is 105 Å². The first kappa shape index (κ1) is 16.2. The van der Waals surface area contributed by atoms with Crippen LogP contribution in [0.25, 0.3) is 0 Å². The van der Waals surface area contributed by atoms with Gasteiger partial charge >= 0.3 is 0 Å². The predicted molar refractivity (Wildman–Crippen MR) is 53.6 cm³/mol. The van der Waals surface area contributed by atoms with Gasteiger partial charge in [-0.2, -0.15) is 0 Å². The van der Waals surface area contributed by atoms with Crippen LogP contribution in [-0.2, 0) is 0 Å². The fourth-order valence-electron chi connectivity index (χ4n) is 0.428. The zero-order chi connectivity index (χ0) is 11.4. The molecule has 0 radical (unpaired) electrons. The van der Waals surface area contributed by atoms with Crippen molar-refractivity contribution < 1.29 is 20.4 Å². The molecule has 6 N–H and O–H groups in total. The Hall–Kier alpha value is -0.240. The molecule has 0 unspecified atom stereocenters. The molecule has 6 heteroatoms. The number of rotatable bonds is 6. The average molecular weight is 210 g/mol. The fraction of sp³-hybridized carbons (Fsp3) is 1.00. The van der Waals surface area contributed by atoms with Gasteiger partial charge in [0.05, 0.1) is 26.7 Å². The van der Waals surface area contributed by atoms with Gasteiger partial charge in [0.15, 0.2) is 0 Å². The number of aliphatic hydroxyl groups is 4. The van der Waals surface area contributed by atoms with E-state index in [0.29, 0.717) is 6.54 Å². The highest BCUT2D eigenvalue weighted by Gasteiger charge is 2.12. The maximum atomic E-state index is 8.55. The van der Waals surface area contributed by atoms with Crippen molar-refractivity contribution in [2.45, 2.75) is 19.4 Å². The first-order chi connectivity index (χ1) is 6.54. The molecule has 0 saturated heterocycles. The maximum absolute atomic E-state index is 8.55. The second kappa shape index (κ2) is 10.8. The van der Waals surface area contributed by atoms with E-state index in [2.05, 4.69) is 10.6 Å². The Balaban J connectivity index is 0. The molecule has 0 aliphatic carbocycles. The highest BCUT2D eigenvalue weighted by Crippen LogP contribution is 1.96. The van der Waals surface area contributed by atoms with E-state index in [0.717, 1.165) is 0 Å². The SMILES string of the molecule is CC(C)(CO)NCO.OCCNCO. The summed E-state index contributed by atoms with van der Waals surface area (Å²) in [7, 11) is 0. The van der Waals surface area contributed by atoms with Crippen LogP contribution in [0.15, 0.2) is 0 Å². The van der Waals surface area contributed by atoms with Crippen LogP contribution in [0.2, 0.25) is 0 Å². The zero-order valence-corrected chi connectivity index (χ0v) is 8.82. The summed E-state index contributed by atoms with van der Waals surface area (Å²) >= 11 is 0. The Bertz CT molecular complexity index is 108. The molecule has 6 nitrogen and oxygen atoms in total.